The standard InChI is InChI=1S/C14H22BrN3O.ClH/c1-9(16-7-12-8-17-18-10(12)2)11-4-5-14(19-3)13(15)6-11;/h4-6,9-10,12,16-18H,7-8H2,1-3H3;1H. The van der Waals surface area contributed by atoms with Crippen molar-refractivity contribution in [2.24, 2.45) is 5.92 Å². The van der Waals surface area contributed by atoms with Crippen molar-refractivity contribution in [3.63, 3.8) is 0 Å². The van der Waals surface area contributed by atoms with Crippen LogP contribution in [0.5, 0.6) is 5.75 Å². The minimum Gasteiger partial charge on any atom is -0.496 e. The number of hydrazine groups is 1. The van der Waals surface area contributed by atoms with Gasteiger partial charge < -0.3 is 10.1 Å². The van der Waals surface area contributed by atoms with Gasteiger partial charge in [0.15, 0.2) is 0 Å². The van der Waals surface area contributed by atoms with Crippen LogP contribution in [-0.4, -0.2) is 26.2 Å². The molecule has 1 aromatic rings. The molecule has 3 N–H and O–H groups in total. The number of rotatable bonds is 5. The van der Waals surface area contributed by atoms with Crippen LogP contribution in [0.3, 0.4) is 0 Å². The fourth-order valence-corrected chi connectivity index (χ4v) is 2.85. The number of nitrogens with one attached hydrogen (secondary N) is 3. The highest BCUT2D eigenvalue weighted by Gasteiger charge is 2.22. The maximum atomic E-state index is 5.25. The zero-order valence-electron chi connectivity index (χ0n) is 12.1. The second kappa shape index (κ2) is 8.20. The summed E-state index contributed by atoms with van der Waals surface area (Å²) in [6.07, 6.45) is 0. The summed E-state index contributed by atoms with van der Waals surface area (Å²) in [5.41, 5.74) is 7.70. The van der Waals surface area contributed by atoms with Crippen molar-refractivity contribution in [2.45, 2.75) is 25.9 Å². The Morgan fingerprint density at radius 1 is 1.50 bits per heavy atom. The molecule has 114 valence electrons. The van der Waals surface area contributed by atoms with Gasteiger partial charge in [0.25, 0.3) is 0 Å². The highest BCUT2D eigenvalue weighted by atomic mass is 79.9. The Balaban J connectivity index is 0.00000200. The van der Waals surface area contributed by atoms with E-state index in [2.05, 4.69) is 58.1 Å². The normalized spacial score (nSPS) is 23.2. The maximum Gasteiger partial charge on any atom is 0.133 e. The Hall–Kier alpha value is -0.330. The molecule has 6 heteroatoms. The van der Waals surface area contributed by atoms with Gasteiger partial charge in [0.1, 0.15) is 5.75 Å². The van der Waals surface area contributed by atoms with Gasteiger partial charge in [-0.15, -0.1) is 12.4 Å². The predicted molar refractivity (Wildman–Crippen MR) is 88.5 cm³/mol. The van der Waals surface area contributed by atoms with E-state index in [0.717, 1.165) is 23.3 Å². The summed E-state index contributed by atoms with van der Waals surface area (Å²) in [4.78, 5) is 0. The lowest BCUT2D eigenvalue weighted by Crippen LogP contribution is -2.33. The zero-order valence-corrected chi connectivity index (χ0v) is 14.5. The van der Waals surface area contributed by atoms with Crippen LogP contribution in [-0.2, 0) is 0 Å². The van der Waals surface area contributed by atoms with Crippen molar-refractivity contribution in [2.75, 3.05) is 20.2 Å². The third kappa shape index (κ3) is 4.33. The molecule has 1 aliphatic rings. The van der Waals surface area contributed by atoms with Gasteiger partial charge in [0, 0.05) is 31.1 Å². The average molecular weight is 365 g/mol. The van der Waals surface area contributed by atoms with Crippen LogP contribution in [0.25, 0.3) is 0 Å². The van der Waals surface area contributed by atoms with Gasteiger partial charge in [-0.1, -0.05) is 6.07 Å². The minimum atomic E-state index is 0. The third-order valence-electron chi connectivity index (χ3n) is 3.76. The van der Waals surface area contributed by atoms with Crippen molar-refractivity contribution in [1.82, 2.24) is 16.2 Å². The molecule has 0 spiro atoms. The SMILES string of the molecule is COc1ccc(C(C)NCC2CNNC2C)cc1Br.Cl. The fraction of sp³-hybridized carbons (Fsp3) is 0.571. The molecule has 4 nitrogen and oxygen atoms in total. The lowest BCUT2D eigenvalue weighted by atomic mass is 10.0. The summed E-state index contributed by atoms with van der Waals surface area (Å²) in [5.74, 6) is 1.50. The number of hydrogen-bond donors (Lipinski definition) is 3. The molecule has 1 fully saturated rings. The first-order valence-electron chi connectivity index (χ1n) is 6.67. The van der Waals surface area contributed by atoms with E-state index in [9.17, 15) is 0 Å². The first-order chi connectivity index (χ1) is 9.11. The first-order valence-corrected chi connectivity index (χ1v) is 7.46. The molecule has 0 bridgehead atoms. The molecule has 20 heavy (non-hydrogen) atoms. The van der Waals surface area contributed by atoms with Crippen molar-refractivity contribution in [3.05, 3.63) is 28.2 Å². The summed E-state index contributed by atoms with van der Waals surface area (Å²) in [7, 11) is 1.68. The van der Waals surface area contributed by atoms with E-state index < -0.39 is 0 Å². The number of halogens is 2. The van der Waals surface area contributed by atoms with E-state index in [4.69, 9.17) is 4.74 Å². The van der Waals surface area contributed by atoms with Crippen molar-refractivity contribution < 1.29 is 4.74 Å². The van der Waals surface area contributed by atoms with Crippen molar-refractivity contribution in [3.8, 4) is 5.75 Å². The van der Waals surface area contributed by atoms with Crippen molar-refractivity contribution in [1.29, 1.82) is 0 Å². The van der Waals surface area contributed by atoms with Gasteiger partial charge in [-0.25, -0.2) is 0 Å². The van der Waals surface area contributed by atoms with Crippen LogP contribution in [0.15, 0.2) is 22.7 Å². The van der Waals surface area contributed by atoms with E-state index in [0.29, 0.717) is 18.0 Å². The smallest absolute Gasteiger partial charge is 0.133 e. The number of benzene rings is 1. The third-order valence-corrected chi connectivity index (χ3v) is 4.38. The molecule has 3 atom stereocenters. The lowest BCUT2D eigenvalue weighted by Gasteiger charge is -2.20. The summed E-state index contributed by atoms with van der Waals surface area (Å²) in [6.45, 7) is 6.43. The van der Waals surface area contributed by atoms with Gasteiger partial charge >= 0.3 is 0 Å². The predicted octanol–water partition coefficient (Wildman–Crippen LogP) is 2.64. The summed E-state index contributed by atoms with van der Waals surface area (Å²) in [6, 6.07) is 7.07. The van der Waals surface area contributed by atoms with Gasteiger partial charge in [0.2, 0.25) is 0 Å². The molecule has 0 aliphatic carbocycles. The Kier molecular flexibility index (Phi) is 7.26. The highest BCUT2D eigenvalue weighted by Crippen LogP contribution is 2.28. The Bertz CT molecular complexity index is 433. The number of methoxy groups -OCH3 is 1. The van der Waals surface area contributed by atoms with Crippen molar-refractivity contribution >= 4 is 28.3 Å². The molecule has 0 aromatic heterocycles. The van der Waals surface area contributed by atoms with Gasteiger partial charge in [-0.05, 0) is 47.5 Å². The van der Waals surface area contributed by atoms with E-state index in [1.807, 2.05) is 6.07 Å². The molecule has 0 radical (unpaired) electrons. The summed E-state index contributed by atoms with van der Waals surface area (Å²) < 4.78 is 6.25. The molecular weight excluding hydrogens is 342 g/mol. The zero-order chi connectivity index (χ0) is 13.8. The van der Waals surface area contributed by atoms with E-state index >= 15 is 0 Å². The monoisotopic (exact) mass is 363 g/mol. The average Bonchev–Trinajstić information content (AvgIpc) is 2.81. The van der Waals surface area contributed by atoms with E-state index in [1.54, 1.807) is 7.11 Å². The molecule has 1 heterocycles. The topological polar surface area (TPSA) is 45.3 Å². The largest absolute Gasteiger partial charge is 0.496 e. The maximum absolute atomic E-state index is 5.25. The van der Waals surface area contributed by atoms with Gasteiger partial charge in [-0.3, -0.25) is 10.9 Å². The molecule has 1 saturated heterocycles. The molecule has 1 aromatic carbocycles. The van der Waals surface area contributed by atoms with Gasteiger partial charge in [0.05, 0.1) is 11.6 Å². The Morgan fingerprint density at radius 3 is 2.80 bits per heavy atom. The van der Waals surface area contributed by atoms with Crippen LogP contribution in [0.4, 0.5) is 0 Å². The Morgan fingerprint density at radius 2 is 2.25 bits per heavy atom. The quantitative estimate of drug-likeness (QED) is 0.751. The Labute approximate surface area is 135 Å². The second-order valence-electron chi connectivity index (χ2n) is 5.10. The molecule has 0 amide bonds. The molecule has 3 unspecified atom stereocenters. The molecule has 0 saturated carbocycles. The van der Waals surface area contributed by atoms with Crippen LogP contribution in [0.2, 0.25) is 0 Å². The van der Waals surface area contributed by atoms with Crippen LogP contribution in [0.1, 0.15) is 25.5 Å². The summed E-state index contributed by atoms with van der Waals surface area (Å²) >= 11 is 3.53. The fourth-order valence-electron chi connectivity index (χ4n) is 2.29. The minimum absolute atomic E-state index is 0. The van der Waals surface area contributed by atoms with Crippen LogP contribution >= 0.6 is 28.3 Å². The summed E-state index contributed by atoms with van der Waals surface area (Å²) in [5, 5.41) is 3.59. The van der Waals surface area contributed by atoms with E-state index in [1.165, 1.54) is 5.56 Å². The van der Waals surface area contributed by atoms with E-state index in [-0.39, 0.29) is 12.4 Å². The molecular formula is C14H23BrClN3O. The lowest BCUT2D eigenvalue weighted by molar-refractivity contribution is 0.410. The highest BCUT2D eigenvalue weighted by molar-refractivity contribution is 9.10. The first kappa shape index (κ1) is 17.7. The number of ether oxygens (including phenoxy) is 1. The number of hydrogen-bond acceptors (Lipinski definition) is 4. The second-order valence-corrected chi connectivity index (χ2v) is 5.95. The van der Waals surface area contributed by atoms with Gasteiger partial charge in [-0.2, -0.15) is 0 Å². The van der Waals surface area contributed by atoms with Crippen LogP contribution in [0, 0.1) is 5.92 Å². The molecule has 2 rings (SSSR count). The van der Waals surface area contributed by atoms with Crippen LogP contribution < -0.4 is 20.9 Å². The molecule has 1 aliphatic heterocycles.